The normalized spacial score (nSPS) is 15.3. The van der Waals surface area contributed by atoms with Crippen molar-refractivity contribution in [1.29, 1.82) is 0 Å². The topological polar surface area (TPSA) is 49.4 Å². The van der Waals surface area contributed by atoms with E-state index in [2.05, 4.69) is 11.2 Å². The zero-order chi connectivity index (χ0) is 14.8. The summed E-state index contributed by atoms with van der Waals surface area (Å²) in [5.74, 6) is 1.70. The number of hydrogen-bond acceptors (Lipinski definition) is 3. The van der Waals surface area contributed by atoms with Gasteiger partial charge in [-0.05, 0) is 30.5 Å². The smallest absolute Gasteiger partial charge is 0.244 e. The number of halogens is 1. The van der Waals surface area contributed by atoms with Gasteiger partial charge in [0.05, 0.1) is 11.4 Å². The van der Waals surface area contributed by atoms with E-state index in [0.717, 1.165) is 23.2 Å². The van der Waals surface area contributed by atoms with E-state index in [9.17, 15) is 12.8 Å². The number of terminal acetylenes is 1. The second kappa shape index (κ2) is 5.92. The Hall–Kier alpha value is -1.42. The Bertz CT molecular complexity index is 633. The van der Waals surface area contributed by atoms with Gasteiger partial charge in [-0.3, -0.25) is 0 Å². The van der Waals surface area contributed by atoms with Crippen LogP contribution < -0.4 is 5.32 Å². The molecule has 0 saturated heterocycles. The van der Waals surface area contributed by atoms with Gasteiger partial charge in [-0.15, -0.1) is 6.42 Å². The molecule has 0 radical (unpaired) electrons. The van der Waals surface area contributed by atoms with Crippen LogP contribution in [-0.4, -0.2) is 32.4 Å². The molecule has 2 rings (SSSR count). The highest BCUT2D eigenvalue weighted by Crippen LogP contribution is 2.23. The summed E-state index contributed by atoms with van der Waals surface area (Å²) in [7, 11) is -2.38. The molecular formula is C14H17FN2O2S. The molecule has 0 bridgehead atoms. The zero-order valence-electron chi connectivity index (χ0n) is 11.3. The second-order valence-corrected chi connectivity index (χ2v) is 6.89. The van der Waals surface area contributed by atoms with Gasteiger partial charge in [0.1, 0.15) is 5.82 Å². The van der Waals surface area contributed by atoms with E-state index < -0.39 is 15.8 Å². The third-order valence-corrected chi connectivity index (χ3v) is 5.08. The molecule has 1 N–H and O–H groups in total. The van der Waals surface area contributed by atoms with Crippen LogP contribution in [0, 0.1) is 18.2 Å². The minimum absolute atomic E-state index is 0.0246. The third-order valence-electron chi connectivity index (χ3n) is 3.19. The molecule has 1 saturated carbocycles. The van der Waals surface area contributed by atoms with Crippen LogP contribution in [0.1, 0.15) is 18.4 Å². The van der Waals surface area contributed by atoms with Gasteiger partial charge in [0.25, 0.3) is 0 Å². The van der Waals surface area contributed by atoms with Crippen LogP contribution in [-0.2, 0) is 16.6 Å². The predicted molar refractivity (Wildman–Crippen MR) is 74.9 cm³/mol. The molecule has 1 aromatic carbocycles. The molecule has 0 amide bonds. The first kappa shape index (κ1) is 15.0. The quantitative estimate of drug-likeness (QED) is 0.806. The maximum Gasteiger partial charge on any atom is 0.244 e. The maximum absolute atomic E-state index is 13.4. The van der Waals surface area contributed by atoms with E-state index >= 15 is 0 Å². The van der Waals surface area contributed by atoms with Gasteiger partial charge in [0.2, 0.25) is 10.0 Å². The van der Waals surface area contributed by atoms with E-state index in [4.69, 9.17) is 6.42 Å². The first-order chi connectivity index (χ1) is 9.45. The molecule has 0 spiro atoms. The maximum atomic E-state index is 13.4. The Balaban J connectivity index is 2.32. The minimum atomic E-state index is -3.77. The van der Waals surface area contributed by atoms with Crippen LogP contribution in [0.2, 0.25) is 0 Å². The summed E-state index contributed by atoms with van der Waals surface area (Å²) in [5, 5.41) is 3.23. The van der Waals surface area contributed by atoms with Crippen LogP contribution in [0.4, 0.5) is 4.39 Å². The van der Waals surface area contributed by atoms with E-state index in [1.165, 1.54) is 19.2 Å². The van der Waals surface area contributed by atoms with Crippen molar-refractivity contribution in [3.05, 3.63) is 29.6 Å². The highest BCUT2D eigenvalue weighted by atomic mass is 32.2. The lowest BCUT2D eigenvalue weighted by atomic mass is 10.2. The van der Waals surface area contributed by atoms with Crippen LogP contribution >= 0.6 is 0 Å². The first-order valence-corrected chi connectivity index (χ1v) is 7.81. The van der Waals surface area contributed by atoms with Crippen molar-refractivity contribution in [2.75, 3.05) is 13.6 Å². The largest absolute Gasteiger partial charge is 0.310 e. The molecule has 0 aliphatic heterocycles. The molecule has 1 aliphatic carbocycles. The highest BCUT2D eigenvalue weighted by Gasteiger charge is 2.26. The minimum Gasteiger partial charge on any atom is -0.310 e. The summed E-state index contributed by atoms with van der Waals surface area (Å²) in [4.78, 5) is -0.0246. The summed E-state index contributed by atoms with van der Waals surface area (Å²) in [5.41, 5.74) is 0.558. The van der Waals surface area contributed by atoms with Crippen molar-refractivity contribution in [3.8, 4) is 12.3 Å². The highest BCUT2D eigenvalue weighted by molar-refractivity contribution is 7.89. The van der Waals surface area contributed by atoms with Crippen LogP contribution in [0.5, 0.6) is 0 Å². The van der Waals surface area contributed by atoms with Crippen molar-refractivity contribution >= 4 is 10.0 Å². The van der Waals surface area contributed by atoms with Gasteiger partial charge >= 0.3 is 0 Å². The number of sulfonamides is 1. The van der Waals surface area contributed by atoms with Crippen molar-refractivity contribution < 1.29 is 12.8 Å². The fraction of sp³-hybridized carbons (Fsp3) is 0.429. The van der Waals surface area contributed by atoms with Crippen LogP contribution in [0.3, 0.4) is 0 Å². The van der Waals surface area contributed by atoms with E-state index in [1.807, 2.05) is 0 Å². The monoisotopic (exact) mass is 296 g/mol. The van der Waals surface area contributed by atoms with E-state index in [-0.39, 0.29) is 11.4 Å². The Morgan fingerprint density at radius 3 is 2.80 bits per heavy atom. The van der Waals surface area contributed by atoms with Gasteiger partial charge in [0, 0.05) is 19.6 Å². The Morgan fingerprint density at radius 1 is 1.50 bits per heavy atom. The second-order valence-electron chi connectivity index (χ2n) is 4.87. The number of rotatable bonds is 6. The summed E-state index contributed by atoms with van der Waals surface area (Å²) < 4.78 is 39.2. The molecule has 1 aliphatic rings. The first-order valence-electron chi connectivity index (χ1n) is 6.36. The molecule has 20 heavy (non-hydrogen) atoms. The summed E-state index contributed by atoms with van der Waals surface area (Å²) in [6.07, 6.45) is 7.33. The fourth-order valence-electron chi connectivity index (χ4n) is 1.84. The molecule has 0 heterocycles. The molecule has 1 aromatic rings. The number of nitrogens with one attached hydrogen (secondary N) is 1. The van der Waals surface area contributed by atoms with Crippen molar-refractivity contribution in [3.63, 3.8) is 0 Å². The fourth-order valence-corrected chi connectivity index (χ4v) is 3.15. The summed E-state index contributed by atoms with van der Waals surface area (Å²) in [6, 6.07) is 4.26. The van der Waals surface area contributed by atoms with Crippen LogP contribution in [0.15, 0.2) is 23.1 Å². The molecule has 108 valence electrons. The van der Waals surface area contributed by atoms with E-state index in [1.54, 1.807) is 0 Å². The van der Waals surface area contributed by atoms with Gasteiger partial charge < -0.3 is 5.32 Å². The van der Waals surface area contributed by atoms with Crippen molar-refractivity contribution in [2.24, 2.45) is 0 Å². The van der Waals surface area contributed by atoms with Crippen molar-refractivity contribution in [2.45, 2.75) is 30.3 Å². The number of benzene rings is 1. The Kier molecular flexibility index (Phi) is 4.43. The average molecular weight is 296 g/mol. The van der Waals surface area contributed by atoms with Gasteiger partial charge in [-0.2, -0.15) is 4.31 Å². The summed E-state index contributed by atoms with van der Waals surface area (Å²) in [6.45, 7) is 0.359. The lowest BCUT2D eigenvalue weighted by molar-refractivity contribution is 0.499. The van der Waals surface area contributed by atoms with Gasteiger partial charge in [-0.1, -0.05) is 12.0 Å². The average Bonchev–Trinajstić information content (AvgIpc) is 3.21. The lowest BCUT2D eigenvalue weighted by Gasteiger charge is -2.17. The third kappa shape index (κ3) is 3.37. The molecule has 0 unspecified atom stereocenters. The molecule has 0 aromatic heterocycles. The van der Waals surface area contributed by atoms with Gasteiger partial charge in [0.15, 0.2) is 0 Å². The molecule has 6 heteroatoms. The van der Waals surface area contributed by atoms with Crippen LogP contribution in [0.25, 0.3) is 0 Å². The SMILES string of the molecule is C#CCN(C)S(=O)(=O)c1cc(F)ccc1CNC1CC1. The molecule has 0 atom stereocenters. The number of nitrogens with zero attached hydrogens (tertiary/aromatic N) is 1. The molecular weight excluding hydrogens is 279 g/mol. The molecule has 1 fully saturated rings. The van der Waals surface area contributed by atoms with Crippen molar-refractivity contribution in [1.82, 2.24) is 9.62 Å². The van der Waals surface area contributed by atoms with Gasteiger partial charge in [-0.25, -0.2) is 12.8 Å². The zero-order valence-corrected chi connectivity index (χ0v) is 12.1. The Labute approximate surface area is 119 Å². The lowest BCUT2D eigenvalue weighted by Crippen LogP contribution is -2.29. The number of hydrogen-bond donors (Lipinski definition) is 1. The standard InChI is InChI=1S/C14H17FN2O2S/c1-3-8-17(2)20(18,19)14-9-12(15)5-4-11(14)10-16-13-6-7-13/h1,4-5,9,13,16H,6-8,10H2,2H3. The van der Waals surface area contributed by atoms with E-state index in [0.29, 0.717) is 18.2 Å². The summed E-state index contributed by atoms with van der Waals surface area (Å²) >= 11 is 0. The predicted octanol–water partition coefficient (Wildman–Crippen LogP) is 1.33. The Morgan fingerprint density at radius 2 is 2.20 bits per heavy atom. The molecule has 4 nitrogen and oxygen atoms in total.